The summed E-state index contributed by atoms with van der Waals surface area (Å²) in [6.45, 7) is -0.310. The van der Waals surface area contributed by atoms with Crippen LogP contribution in [0.3, 0.4) is 0 Å². The zero-order valence-corrected chi connectivity index (χ0v) is 13.9. The molecule has 0 aliphatic heterocycles. The normalized spacial score (nSPS) is 10.7. The first-order valence-electron chi connectivity index (χ1n) is 6.23. The molecule has 2 rings (SSSR count). The predicted octanol–water partition coefficient (Wildman–Crippen LogP) is 0.0872. The number of halogens is 4. The van der Waals surface area contributed by atoms with Gasteiger partial charge in [0.05, 0.1) is 18.5 Å². The van der Waals surface area contributed by atoms with E-state index < -0.39 is 36.2 Å². The summed E-state index contributed by atoms with van der Waals surface area (Å²) in [5, 5.41) is 2.12. The molecule has 0 spiro atoms. The van der Waals surface area contributed by atoms with Gasteiger partial charge in [-0.15, -0.1) is 24.8 Å². The molecule has 0 aromatic carbocycles. The number of nitrogens with two attached hydrogens (primary N) is 1. The van der Waals surface area contributed by atoms with Gasteiger partial charge in [-0.25, -0.2) is 18.6 Å². The number of fused-ring (bicyclic) bond motifs is 1. The fraction of sp³-hybridized carbons (Fsp3) is 0.333. The second kappa shape index (κ2) is 8.18. The molecule has 0 saturated carbocycles. The number of aromatic nitrogens is 3. The van der Waals surface area contributed by atoms with Gasteiger partial charge >= 0.3 is 5.69 Å². The van der Waals surface area contributed by atoms with Crippen molar-refractivity contribution < 1.29 is 13.6 Å². The van der Waals surface area contributed by atoms with Gasteiger partial charge in [0.25, 0.3) is 17.4 Å². The summed E-state index contributed by atoms with van der Waals surface area (Å²) >= 11 is 0. The molecule has 8 nitrogen and oxygen atoms in total. The molecule has 0 fully saturated rings. The standard InChI is InChI=1S/C12H13F2N5O3.2ClH/c1-5-2-6(9(20)16-4-12(13,14)3-15)17-8-7(5)10(21)19-11(22)18-8;;/h2H,3-4,15H2,1H3,(H,16,20)(H2,17,18,19,21,22);2*1H. The molecule has 0 aliphatic rings. The Balaban J connectivity index is 0.00000264. The van der Waals surface area contributed by atoms with E-state index >= 15 is 0 Å². The van der Waals surface area contributed by atoms with E-state index in [1.165, 1.54) is 13.0 Å². The highest BCUT2D eigenvalue weighted by Gasteiger charge is 2.27. The van der Waals surface area contributed by atoms with Crippen molar-refractivity contribution in [1.29, 1.82) is 0 Å². The lowest BCUT2D eigenvalue weighted by Crippen LogP contribution is -2.41. The first kappa shape index (κ1) is 22.0. The van der Waals surface area contributed by atoms with Crippen molar-refractivity contribution in [3.8, 4) is 0 Å². The Hall–Kier alpha value is -2.04. The number of alkyl halides is 2. The Bertz CT molecular complexity index is 853. The van der Waals surface area contributed by atoms with E-state index in [2.05, 4.69) is 9.97 Å². The van der Waals surface area contributed by atoms with Crippen molar-refractivity contribution in [2.45, 2.75) is 12.8 Å². The van der Waals surface area contributed by atoms with Crippen molar-refractivity contribution >= 4 is 41.8 Å². The van der Waals surface area contributed by atoms with E-state index in [1.807, 2.05) is 10.3 Å². The zero-order chi connectivity index (χ0) is 16.5. The summed E-state index contributed by atoms with van der Waals surface area (Å²) in [7, 11) is 0. The van der Waals surface area contributed by atoms with Gasteiger partial charge in [0.1, 0.15) is 11.3 Å². The Morgan fingerprint density at radius 1 is 1.33 bits per heavy atom. The van der Waals surface area contributed by atoms with E-state index in [1.54, 1.807) is 0 Å². The summed E-state index contributed by atoms with van der Waals surface area (Å²) in [5.41, 5.74) is 3.52. The van der Waals surface area contributed by atoms with Gasteiger partial charge in [-0.1, -0.05) is 0 Å². The first-order valence-corrected chi connectivity index (χ1v) is 6.23. The maximum atomic E-state index is 13.0. The molecular formula is C12H15Cl2F2N5O3. The lowest BCUT2D eigenvalue weighted by Gasteiger charge is -2.14. The number of amides is 1. The van der Waals surface area contributed by atoms with Crippen LogP contribution in [-0.2, 0) is 0 Å². The number of H-pyrrole nitrogens is 2. The van der Waals surface area contributed by atoms with Crippen LogP contribution in [-0.4, -0.2) is 39.9 Å². The predicted molar refractivity (Wildman–Crippen MR) is 88.6 cm³/mol. The number of carbonyl (C=O) groups excluding carboxylic acids is 1. The minimum Gasteiger partial charge on any atom is -0.345 e. The molecule has 0 aliphatic carbocycles. The van der Waals surface area contributed by atoms with Gasteiger partial charge in [0, 0.05) is 0 Å². The van der Waals surface area contributed by atoms with E-state index in [0.717, 1.165) is 0 Å². The van der Waals surface area contributed by atoms with Crippen LogP contribution >= 0.6 is 24.8 Å². The van der Waals surface area contributed by atoms with Crippen molar-refractivity contribution in [2.75, 3.05) is 13.1 Å². The fourth-order valence-corrected chi connectivity index (χ4v) is 1.84. The van der Waals surface area contributed by atoms with Gasteiger partial charge in [0.2, 0.25) is 0 Å². The number of nitrogens with one attached hydrogen (secondary N) is 3. The summed E-state index contributed by atoms with van der Waals surface area (Å²) in [6.07, 6.45) is 0. The van der Waals surface area contributed by atoms with Crippen molar-refractivity contribution in [1.82, 2.24) is 20.3 Å². The molecule has 0 atom stereocenters. The van der Waals surface area contributed by atoms with Crippen LogP contribution in [0.4, 0.5) is 8.78 Å². The monoisotopic (exact) mass is 385 g/mol. The highest BCUT2D eigenvalue weighted by Crippen LogP contribution is 2.12. The third kappa shape index (κ3) is 4.73. The smallest absolute Gasteiger partial charge is 0.327 e. The third-order valence-electron chi connectivity index (χ3n) is 2.94. The quantitative estimate of drug-likeness (QED) is 0.591. The molecule has 134 valence electrons. The van der Waals surface area contributed by atoms with Crippen LogP contribution in [0.25, 0.3) is 11.0 Å². The number of carbonyl (C=O) groups is 1. The van der Waals surface area contributed by atoms with Crippen LogP contribution in [0.5, 0.6) is 0 Å². The van der Waals surface area contributed by atoms with Gasteiger partial charge in [-0.3, -0.25) is 19.6 Å². The summed E-state index contributed by atoms with van der Waals surface area (Å²) in [5.74, 6) is -4.09. The molecule has 2 aromatic heterocycles. The Labute approximate surface area is 146 Å². The molecule has 0 radical (unpaired) electrons. The largest absolute Gasteiger partial charge is 0.345 e. The van der Waals surface area contributed by atoms with Gasteiger partial charge < -0.3 is 11.1 Å². The van der Waals surface area contributed by atoms with E-state index in [-0.39, 0.29) is 41.5 Å². The van der Waals surface area contributed by atoms with Crippen molar-refractivity contribution in [2.24, 2.45) is 5.73 Å². The second-order valence-corrected chi connectivity index (χ2v) is 4.70. The second-order valence-electron chi connectivity index (χ2n) is 4.70. The van der Waals surface area contributed by atoms with Crippen molar-refractivity contribution in [3.63, 3.8) is 0 Å². The Kier molecular flexibility index (Phi) is 7.48. The van der Waals surface area contributed by atoms with Gasteiger partial charge in [-0.2, -0.15) is 0 Å². The number of hydrogen-bond acceptors (Lipinski definition) is 5. The number of nitrogens with zero attached hydrogens (tertiary/aromatic N) is 1. The average Bonchev–Trinajstić information content (AvgIpc) is 2.43. The highest BCUT2D eigenvalue weighted by molar-refractivity contribution is 5.95. The lowest BCUT2D eigenvalue weighted by molar-refractivity contribution is 0.0118. The number of rotatable bonds is 4. The molecule has 0 saturated heterocycles. The molecule has 5 N–H and O–H groups in total. The van der Waals surface area contributed by atoms with Crippen LogP contribution in [0.15, 0.2) is 15.7 Å². The summed E-state index contributed by atoms with van der Waals surface area (Å²) in [6, 6.07) is 1.27. The molecule has 2 aromatic rings. The lowest BCUT2D eigenvalue weighted by atomic mass is 10.1. The molecule has 1 amide bonds. The van der Waals surface area contributed by atoms with Crippen LogP contribution in [0, 0.1) is 6.92 Å². The molecule has 12 heteroatoms. The van der Waals surface area contributed by atoms with E-state index in [0.29, 0.717) is 5.56 Å². The molecule has 24 heavy (non-hydrogen) atoms. The van der Waals surface area contributed by atoms with Crippen LogP contribution in [0.2, 0.25) is 0 Å². The van der Waals surface area contributed by atoms with E-state index in [9.17, 15) is 23.2 Å². The minimum absolute atomic E-state index is 0. The average molecular weight is 386 g/mol. The molecular weight excluding hydrogens is 371 g/mol. The number of aromatic amines is 2. The van der Waals surface area contributed by atoms with Gasteiger partial charge in [0.15, 0.2) is 0 Å². The minimum atomic E-state index is -3.23. The summed E-state index contributed by atoms with van der Waals surface area (Å²) in [4.78, 5) is 42.9. The summed E-state index contributed by atoms with van der Waals surface area (Å²) < 4.78 is 26.0. The molecule has 0 bridgehead atoms. The third-order valence-corrected chi connectivity index (χ3v) is 2.94. The number of aryl methyl sites for hydroxylation is 1. The first-order chi connectivity index (χ1) is 10.2. The molecule has 2 heterocycles. The number of pyridine rings is 1. The van der Waals surface area contributed by atoms with Crippen LogP contribution < -0.4 is 22.3 Å². The van der Waals surface area contributed by atoms with Gasteiger partial charge in [-0.05, 0) is 18.6 Å². The Morgan fingerprint density at radius 3 is 2.54 bits per heavy atom. The number of hydrogen-bond donors (Lipinski definition) is 4. The van der Waals surface area contributed by atoms with E-state index in [4.69, 9.17) is 5.73 Å². The maximum absolute atomic E-state index is 13.0. The maximum Gasteiger partial charge on any atom is 0.327 e. The highest BCUT2D eigenvalue weighted by atomic mass is 35.5. The van der Waals surface area contributed by atoms with Crippen LogP contribution in [0.1, 0.15) is 16.1 Å². The fourth-order valence-electron chi connectivity index (χ4n) is 1.84. The SMILES string of the molecule is Cc1cc(C(=O)NCC(F)(F)CN)nc2[nH]c(=O)[nH]c(=O)c12.Cl.Cl. The molecule has 0 unspecified atom stereocenters. The zero-order valence-electron chi connectivity index (χ0n) is 12.3. The topological polar surface area (TPSA) is 134 Å². The Morgan fingerprint density at radius 2 is 1.96 bits per heavy atom. The van der Waals surface area contributed by atoms with Crippen molar-refractivity contribution in [3.05, 3.63) is 38.2 Å².